The molecule has 1 aliphatic rings. The van der Waals surface area contributed by atoms with Crippen LogP contribution in [0.5, 0.6) is 11.5 Å². The van der Waals surface area contributed by atoms with Gasteiger partial charge in [0.05, 0.1) is 13.0 Å². The van der Waals surface area contributed by atoms with Gasteiger partial charge in [0.2, 0.25) is 5.91 Å². The van der Waals surface area contributed by atoms with Gasteiger partial charge in [-0.1, -0.05) is 6.07 Å². The van der Waals surface area contributed by atoms with E-state index in [1.807, 2.05) is 36.6 Å². The van der Waals surface area contributed by atoms with Crippen LogP contribution in [0.3, 0.4) is 0 Å². The number of fused-ring (bicyclic) bond motifs is 1. The molecule has 0 radical (unpaired) electrons. The summed E-state index contributed by atoms with van der Waals surface area (Å²) in [5, 5.41) is 4.95. The van der Waals surface area contributed by atoms with Gasteiger partial charge in [0.15, 0.2) is 0 Å². The van der Waals surface area contributed by atoms with Crippen LogP contribution in [-0.2, 0) is 24.2 Å². The van der Waals surface area contributed by atoms with Crippen molar-refractivity contribution in [1.82, 2.24) is 5.32 Å². The maximum atomic E-state index is 12.1. The molecule has 2 heterocycles. The molecule has 1 atom stereocenters. The molecular weight excluding hydrogens is 310 g/mol. The monoisotopic (exact) mass is 331 g/mol. The number of carbonyl (C=O) groups excluding carboxylic acids is 1. The van der Waals surface area contributed by atoms with Gasteiger partial charge in [0.25, 0.3) is 0 Å². The molecule has 1 amide bonds. The second-order valence-corrected chi connectivity index (χ2v) is 6.70. The maximum Gasteiger partial charge on any atom is 0.225 e. The van der Waals surface area contributed by atoms with Gasteiger partial charge in [-0.05, 0) is 37.4 Å². The summed E-state index contributed by atoms with van der Waals surface area (Å²) in [5.74, 6) is 1.76. The maximum absolute atomic E-state index is 12.1. The Morgan fingerprint density at radius 2 is 2.35 bits per heavy atom. The van der Waals surface area contributed by atoms with E-state index in [0.717, 1.165) is 28.4 Å². The molecule has 0 spiro atoms. The van der Waals surface area contributed by atoms with Crippen LogP contribution < -0.4 is 14.8 Å². The molecule has 3 rings (SSSR count). The Bertz CT molecular complexity index is 682. The van der Waals surface area contributed by atoms with Crippen molar-refractivity contribution >= 4 is 17.2 Å². The second-order valence-electron chi connectivity index (χ2n) is 5.67. The summed E-state index contributed by atoms with van der Waals surface area (Å²) in [6.07, 6.45) is 1.52. The Labute approximate surface area is 140 Å². The minimum atomic E-state index is 0.0182. The molecule has 1 aromatic carbocycles. The quantitative estimate of drug-likeness (QED) is 0.883. The number of carbonyl (C=O) groups is 1. The number of nitrogens with one attached hydrogen (secondary N) is 1. The molecule has 1 aromatic heterocycles. The number of amides is 1. The number of benzene rings is 1. The second kappa shape index (κ2) is 7.04. The normalized spacial score (nSPS) is 15.8. The fourth-order valence-corrected chi connectivity index (χ4v) is 3.44. The molecule has 23 heavy (non-hydrogen) atoms. The molecule has 0 saturated carbocycles. The highest BCUT2D eigenvalue weighted by Gasteiger charge is 2.22. The molecule has 5 heteroatoms. The highest BCUT2D eigenvalue weighted by Crippen LogP contribution is 2.35. The van der Waals surface area contributed by atoms with E-state index in [4.69, 9.17) is 9.47 Å². The van der Waals surface area contributed by atoms with Crippen molar-refractivity contribution in [2.75, 3.05) is 6.61 Å². The highest BCUT2D eigenvalue weighted by molar-refractivity contribution is 7.10. The fourth-order valence-electron chi connectivity index (χ4n) is 2.74. The van der Waals surface area contributed by atoms with Crippen molar-refractivity contribution < 1.29 is 14.3 Å². The Morgan fingerprint density at radius 1 is 1.48 bits per heavy atom. The number of thiophene rings is 1. The Hall–Kier alpha value is -2.01. The summed E-state index contributed by atoms with van der Waals surface area (Å²) in [6.45, 7) is 5.07. The average Bonchev–Trinajstić information content (AvgIpc) is 3.13. The third-order valence-corrected chi connectivity index (χ3v) is 4.65. The summed E-state index contributed by atoms with van der Waals surface area (Å²) in [4.78, 5) is 13.1. The number of hydrogen-bond acceptors (Lipinski definition) is 4. The van der Waals surface area contributed by atoms with Crippen LogP contribution in [0.4, 0.5) is 0 Å². The van der Waals surface area contributed by atoms with Crippen molar-refractivity contribution in [3.63, 3.8) is 0 Å². The lowest BCUT2D eigenvalue weighted by molar-refractivity contribution is -0.120. The molecule has 0 aliphatic carbocycles. The van der Waals surface area contributed by atoms with Crippen molar-refractivity contribution in [2.24, 2.45) is 0 Å². The molecule has 0 fully saturated rings. The predicted molar refractivity (Wildman–Crippen MR) is 91.3 cm³/mol. The van der Waals surface area contributed by atoms with Crippen LogP contribution in [-0.4, -0.2) is 18.6 Å². The van der Waals surface area contributed by atoms with Gasteiger partial charge in [0, 0.05) is 29.0 Å². The molecular formula is C18H21NO3S. The number of ether oxygens (including phenoxy) is 2. The molecule has 2 aromatic rings. The van der Waals surface area contributed by atoms with Gasteiger partial charge < -0.3 is 14.8 Å². The Balaban J connectivity index is 1.69. The van der Waals surface area contributed by atoms with Crippen LogP contribution in [0.25, 0.3) is 0 Å². The molecule has 0 saturated heterocycles. The first-order valence-corrected chi connectivity index (χ1v) is 8.78. The van der Waals surface area contributed by atoms with E-state index in [0.29, 0.717) is 19.6 Å². The van der Waals surface area contributed by atoms with E-state index < -0.39 is 0 Å². The van der Waals surface area contributed by atoms with E-state index in [-0.39, 0.29) is 12.0 Å². The van der Waals surface area contributed by atoms with E-state index in [1.54, 1.807) is 11.3 Å². The lowest BCUT2D eigenvalue weighted by Crippen LogP contribution is -2.24. The number of rotatable bonds is 6. The molecule has 122 valence electrons. The summed E-state index contributed by atoms with van der Waals surface area (Å²) in [6, 6.07) is 7.97. The van der Waals surface area contributed by atoms with Crippen molar-refractivity contribution in [3.8, 4) is 11.5 Å². The zero-order valence-corrected chi connectivity index (χ0v) is 14.2. The van der Waals surface area contributed by atoms with Crippen LogP contribution in [0, 0.1) is 0 Å². The van der Waals surface area contributed by atoms with Gasteiger partial charge >= 0.3 is 0 Å². The van der Waals surface area contributed by atoms with Crippen molar-refractivity contribution in [1.29, 1.82) is 0 Å². The van der Waals surface area contributed by atoms with Gasteiger partial charge in [-0.2, -0.15) is 0 Å². The summed E-state index contributed by atoms with van der Waals surface area (Å²) >= 11 is 1.60. The lowest BCUT2D eigenvalue weighted by Gasteiger charge is -2.13. The standard InChI is InChI=1S/C18H21NO3S/c1-3-21-16-8-13-7-12(2)22-17(13)9-14(16)11-19-18(20)10-15-5-4-6-23-15/h4-6,8-9,12H,3,7,10-11H2,1-2H3,(H,19,20)/t12-/m0/s1. The first-order chi connectivity index (χ1) is 11.2. The van der Waals surface area contributed by atoms with Gasteiger partial charge in [-0.3, -0.25) is 4.79 Å². The van der Waals surface area contributed by atoms with Crippen molar-refractivity contribution in [3.05, 3.63) is 45.6 Å². The van der Waals surface area contributed by atoms with Gasteiger partial charge in [-0.25, -0.2) is 0 Å². The van der Waals surface area contributed by atoms with E-state index in [1.165, 1.54) is 5.56 Å². The minimum Gasteiger partial charge on any atom is -0.494 e. The molecule has 1 N–H and O–H groups in total. The smallest absolute Gasteiger partial charge is 0.225 e. The van der Waals surface area contributed by atoms with Crippen LogP contribution in [0.1, 0.15) is 29.9 Å². The third-order valence-electron chi connectivity index (χ3n) is 3.77. The van der Waals surface area contributed by atoms with Crippen LogP contribution >= 0.6 is 11.3 Å². The SMILES string of the molecule is CCOc1cc2c(cc1CNC(=O)Cc1cccs1)O[C@@H](C)C2. The van der Waals surface area contributed by atoms with Gasteiger partial charge in [-0.15, -0.1) is 11.3 Å². The predicted octanol–water partition coefficient (Wildman–Crippen LogP) is 3.33. The first-order valence-electron chi connectivity index (χ1n) is 7.90. The highest BCUT2D eigenvalue weighted by atomic mass is 32.1. The zero-order valence-electron chi connectivity index (χ0n) is 13.4. The van der Waals surface area contributed by atoms with E-state index in [2.05, 4.69) is 12.2 Å². The Kier molecular flexibility index (Phi) is 4.86. The largest absolute Gasteiger partial charge is 0.494 e. The number of hydrogen-bond donors (Lipinski definition) is 1. The lowest BCUT2D eigenvalue weighted by atomic mass is 10.1. The molecule has 0 unspecified atom stereocenters. The zero-order chi connectivity index (χ0) is 16.2. The average molecular weight is 331 g/mol. The fraction of sp³-hybridized carbons (Fsp3) is 0.389. The Morgan fingerprint density at radius 3 is 3.09 bits per heavy atom. The summed E-state index contributed by atoms with van der Waals surface area (Å²) in [7, 11) is 0. The minimum absolute atomic E-state index is 0.0182. The van der Waals surface area contributed by atoms with Gasteiger partial charge in [0.1, 0.15) is 17.6 Å². The molecule has 4 nitrogen and oxygen atoms in total. The summed E-state index contributed by atoms with van der Waals surface area (Å²) < 4.78 is 11.5. The third kappa shape index (κ3) is 3.85. The van der Waals surface area contributed by atoms with Crippen LogP contribution in [0.2, 0.25) is 0 Å². The van der Waals surface area contributed by atoms with Crippen molar-refractivity contribution in [2.45, 2.75) is 39.3 Å². The summed E-state index contributed by atoms with van der Waals surface area (Å²) in [5.41, 5.74) is 2.13. The van der Waals surface area contributed by atoms with Crippen LogP contribution in [0.15, 0.2) is 29.6 Å². The topological polar surface area (TPSA) is 47.6 Å². The van der Waals surface area contributed by atoms with E-state index in [9.17, 15) is 4.79 Å². The molecule has 0 bridgehead atoms. The van der Waals surface area contributed by atoms with E-state index >= 15 is 0 Å². The first kappa shape index (κ1) is 15.9. The molecule has 1 aliphatic heterocycles.